The zero-order chi connectivity index (χ0) is 19.6. The van der Waals surface area contributed by atoms with Gasteiger partial charge in [0.25, 0.3) is 0 Å². The number of amides is 1. The summed E-state index contributed by atoms with van der Waals surface area (Å²) in [4.78, 5) is 15.3. The van der Waals surface area contributed by atoms with Gasteiger partial charge in [0.2, 0.25) is 5.91 Å². The van der Waals surface area contributed by atoms with Gasteiger partial charge < -0.3 is 18.9 Å². The van der Waals surface area contributed by atoms with Gasteiger partial charge in [-0.1, -0.05) is 19.3 Å². The number of aromatic nitrogens is 1. The summed E-state index contributed by atoms with van der Waals surface area (Å²) in [5, 5.41) is 0. The molecule has 1 aliphatic heterocycles. The van der Waals surface area contributed by atoms with Gasteiger partial charge in [-0.15, -0.1) is 0 Å². The Morgan fingerprint density at radius 2 is 1.64 bits per heavy atom. The predicted molar refractivity (Wildman–Crippen MR) is 109 cm³/mol. The van der Waals surface area contributed by atoms with Crippen LogP contribution in [0.5, 0.6) is 11.5 Å². The Morgan fingerprint density at radius 3 is 2.29 bits per heavy atom. The summed E-state index contributed by atoms with van der Waals surface area (Å²) < 4.78 is 13.2. The lowest BCUT2D eigenvalue weighted by atomic mass is 9.78. The number of rotatable bonds is 5. The number of benzene rings is 1. The van der Waals surface area contributed by atoms with Gasteiger partial charge in [-0.25, -0.2) is 0 Å². The maximum atomic E-state index is 13.3. The summed E-state index contributed by atoms with van der Waals surface area (Å²) in [7, 11) is 3.31. The van der Waals surface area contributed by atoms with Crippen LogP contribution in [0.4, 0.5) is 0 Å². The van der Waals surface area contributed by atoms with E-state index in [0.29, 0.717) is 13.0 Å². The van der Waals surface area contributed by atoms with Crippen LogP contribution in [0.3, 0.4) is 0 Å². The fourth-order valence-corrected chi connectivity index (χ4v) is 4.88. The minimum Gasteiger partial charge on any atom is -0.493 e. The number of ether oxygens (including phenoxy) is 2. The Kier molecular flexibility index (Phi) is 5.33. The number of fused-ring (bicyclic) bond motifs is 1. The molecule has 1 aliphatic carbocycles. The molecule has 0 atom stereocenters. The van der Waals surface area contributed by atoms with Crippen LogP contribution in [0.2, 0.25) is 0 Å². The van der Waals surface area contributed by atoms with Crippen molar-refractivity contribution in [3.05, 3.63) is 47.8 Å². The summed E-state index contributed by atoms with van der Waals surface area (Å²) in [5.74, 6) is 1.75. The molecule has 150 valence electrons. The van der Waals surface area contributed by atoms with Crippen LogP contribution >= 0.6 is 0 Å². The Labute approximate surface area is 167 Å². The molecular weight excluding hydrogens is 352 g/mol. The first-order valence-corrected chi connectivity index (χ1v) is 10.3. The van der Waals surface area contributed by atoms with Gasteiger partial charge in [0.05, 0.1) is 26.2 Å². The van der Waals surface area contributed by atoms with Crippen LogP contribution in [0.1, 0.15) is 49.7 Å². The molecule has 1 aromatic heterocycles. The molecular formula is C23H30N2O3. The highest BCUT2D eigenvalue weighted by molar-refractivity contribution is 5.77. The molecule has 5 nitrogen and oxygen atoms in total. The number of carbonyl (C=O) groups is 1. The second-order valence-corrected chi connectivity index (χ2v) is 8.09. The lowest BCUT2D eigenvalue weighted by Gasteiger charge is -2.40. The zero-order valence-corrected chi connectivity index (χ0v) is 16.9. The zero-order valence-electron chi connectivity index (χ0n) is 16.9. The Bertz CT molecular complexity index is 823. The second kappa shape index (κ2) is 7.90. The van der Waals surface area contributed by atoms with Gasteiger partial charge in [0, 0.05) is 25.5 Å². The van der Waals surface area contributed by atoms with Crippen LogP contribution in [0.25, 0.3) is 0 Å². The third-order valence-electron chi connectivity index (χ3n) is 6.49. The fraction of sp³-hybridized carbons (Fsp3) is 0.522. The maximum absolute atomic E-state index is 13.3. The van der Waals surface area contributed by atoms with Gasteiger partial charge in [-0.2, -0.15) is 0 Å². The molecule has 0 radical (unpaired) electrons. The standard InChI is InChI=1S/C23H30N2O3/c1-27-20-14-18-8-13-24(17-19(18)15-21(20)28-2)22(26)16-23(9-4-3-5-10-23)25-11-6-7-12-25/h6-7,11-12,14-15H,3-5,8-10,13,16-17H2,1-2H3. The lowest BCUT2D eigenvalue weighted by molar-refractivity contribution is -0.135. The largest absolute Gasteiger partial charge is 0.493 e. The summed E-state index contributed by atoms with van der Waals surface area (Å²) in [6, 6.07) is 8.21. The molecule has 2 aliphatic rings. The summed E-state index contributed by atoms with van der Waals surface area (Å²) in [5.41, 5.74) is 2.35. The number of methoxy groups -OCH3 is 2. The third-order valence-corrected chi connectivity index (χ3v) is 6.49. The van der Waals surface area contributed by atoms with Crippen molar-refractivity contribution in [1.29, 1.82) is 0 Å². The average Bonchev–Trinajstić information content (AvgIpc) is 3.28. The van der Waals surface area contributed by atoms with E-state index in [0.717, 1.165) is 42.9 Å². The van der Waals surface area contributed by atoms with Crippen molar-refractivity contribution >= 4 is 5.91 Å². The van der Waals surface area contributed by atoms with Gasteiger partial charge >= 0.3 is 0 Å². The summed E-state index contributed by atoms with van der Waals surface area (Å²) in [6.45, 7) is 1.42. The SMILES string of the molecule is COc1cc2c(cc1OC)CN(C(=O)CC1(n3cccc3)CCCCC1)CC2. The topological polar surface area (TPSA) is 43.7 Å². The Hall–Kier alpha value is -2.43. The monoisotopic (exact) mass is 382 g/mol. The number of hydrogen-bond acceptors (Lipinski definition) is 3. The summed E-state index contributed by atoms with van der Waals surface area (Å²) >= 11 is 0. The van der Waals surface area contributed by atoms with E-state index in [-0.39, 0.29) is 11.4 Å². The highest BCUT2D eigenvalue weighted by Crippen LogP contribution is 2.39. The van der Waals surface area contributed by atoms with E-state index in [4.69, 9.17) is 9.47 Å². The third kappa shape index (κ3) is 3.50. The molecule has 4 rings (SSSR count). The molecule has 0 N–H and O–H groups in total. The molecule has 0 saturated heterocycles. The van der Waals surface area contributed by atoms with E-state index in [1.54, 1.807) is 14.2 Å². The van der Waals surface area contributed by atoms with Crippen LogP contribution in [-0.4, -0.2) is 36.1 Å². The van der Waals surface area contributed by atoms with Crippen molar-refractivity contribution in [3.63, 3.8) is 0 Å². The number of carbonyl (C=O) groups excluding carboxylic acids is 1. The van der Waals surface area contributed by atoms with Crippen LogP contribution in [-0.2, 0) is 23.3 Å². The summed E-state index contributed by atoms with van der Waals surface area (Å²) in [6.07, 6.45) is 11.5. The first-order chi connectivity index (χ1) is 13.6. The Morgan fingerprint density at radius 1 is 1.00 bits per heavy atom. The average molecular weight is 383 g/mol. The van der Waals surface area contributed by atoms with Gasteiger partial charge in [-0.05, 0) is 54.7 Å². The minimum atomic E-state index is -0.0588. The van der Waals surface area contributed by atoms with E-state index in [1.807, 2.05) is 11.0 Å². The fourth-order valence-electron chi connectivity index (χ4n) is 4.88. The molecule has 28 heavy (non-hydrogen) atoms. The Balaban J connectivity index is 1.53. The highest BCUT2D eigenvalue weighted by Gasteiger charge is 2.37. The number of hydrogen-bond donors (Lipinski definition) is 0. The van der Waals surface area contributed by atoms with Crippen LogP contribution < -0.4 is 9.47 Å². The molecule has 1 amide bonds. The molecule has 0 bridgehead atoms. The van der Waals surface area contributed by atoms with Crippen molar-refractivity contribution in [2.75, 3.05) is 20.8 Å². The van der Waals surface area contributed by atoms with Gasteiger partial charge in [-0.3, -0.25) is 4.79 Å². The van der Waals surface area contributed by atoms with Crippen LogP contribution in [0, 0.1) is 0 Å². The molecule has 1 aromatic carbocycles. The molecule has 5 heteroatoms. The molecule has 2 aromatic rings. The van der Waals surface area contributed by atoms with Crippen molar-refractivity contribution in [1.82, 2.24) is 9.47 Å². The van der Waals surface area contributed by atoms with Crippen molar-refractivity contribution in [3.8, 4) is 11.5 Å². The quantitative estimate of drug-likeness (QED) is 0.781. The predicted octanol–water partition coefficient (Wildman–Crippen LogP) is 4.14. The first kappa shape index (κ1) is 18.9. The van der Waals surface area contributed by atoms with E-state index in [2.05, 4.69) is 35.2 Å². The smallest absolute Gasteiger partial charge is 0.225 e. The van der Waals surface area contributed by atoms with Gasteiger partial charge in [0.15, 0.2) is 11.5 Å². The number of nitrogens with zero attached hydrogens (tertiary/aromatic N) is 2. The molecule has 2 heterocycles. The van der Waals surface area contributed by atoms with E-state index < -0.39 is 0 Å². The minimum absolute atomic E-state index is 0.0588. The van der Waals surface area contributed by atoms with Gasteiger partial charge in [0.1, 0.15) is 0 Å². The van der Waals surface area contributed by atoms with E-state index in [9.17, 15) is 4.79 Å². The van der Waals surface area contributed by atoms with Crippen molar-refractivity contribution in [2.45, 2.75) is 57.0 Å². The van der Waals surface area contributed by atoms with Crippen LogP contribution in [0.15, 0.2) is 36.7 Å². The van der Waals surface area contributed by atoms with E-state index in [1.165, 1.54) is 24.8 Å². The maximum Gasteiger partial charge on any atom is 0.225 e. The lowest BCUT2D eigenvalue weighted by Crippen LogP contribution is -2.43. The first-order valence-electron chi connectivity index (χ1n) is 10.3. The van der Waals surface area contributed by atoms with E-state index >= 15 is 0 Å². The second-order valence-electron chi connectivity index (χ2n) is 8.09. The van der Waals surface area contributed by atoms with Crippen molar-refractivity contribution < 1.29 is 14.3 Å². The molecule has 0 spiro atoms. The highest BCUT2D eigenvalue weighted by atomic mass is 16.5. The molecule has 1 saturated carbocycles. The normalized spacial score (nSPS) is 18.4. The molecule has 0 unspecified atom stereocenters. The van der Waals surface area contributed by atoms with Crippen molar-refractivity contribution in [2.24, 2.45) is 0 Å². The molecule has 1 fully saturated rings.